The van der Waals surface area contributed by atoms with Crippen molar-refractivity contribution in [3.05, 3.63) is 64.7 Å². The lowest BCUT2D eigenvalue weighted by atomic mass is 10.1. The molecule has 1 atom stereocenters. The van der Waals surface area contributed by atoms with Gasteiger partial charge in [0.25, 0.3) is 0 Å². The maximum absolute atomic E-state index is 12.1. The monoisotopic (exact) mass is 292 g/mol. The summed E-state index contributed by atoms with van der Waals surface area (Å²) < 4.78 is 12.1. The summed E-state index contributed by atoms with van der Waals surface area (Å²) in [5.74, 6) is -0.189. The topological polar surface area (TPSA) is 34.1 Å². The van der Waals surface area contributed by atoms with Crippen molar-refractivity contribution >= 4 is 28.2 Å². The van der Waals surface area contributed by atoms with Gasteiger partial charge in [-0.1, -0.05) is 53.6 Å². The average molecular weight is 293 g/mol. The van der Waals surface area contributed by atoms with Crippen molar-refractivity contribution in [2.45, 2.75) is 11.8 Å². The maximum Gasteiger partial charge on any atom is 0.175 e. The second-order valence-electron chi connectivity index (χ2n) is 4.21. The molecule has 2 aromatic carbocycles. The summed E-state index contributed by atoms with van der Waals surface area (Å²) in [5.41, 5.74) is 1.66. The fourth-order valence-corrected chi connectivity index (χ4v) is 3.12. The van der Waals surface area contributed by atoms with Gasteiger partial charge in [0, 0.05) is 5.56 Å². The van der Waals surface area contributed by atoms with Crippen molar-refractivity contribution in [3.63, 3.8) is 0 Å². The van der Waals surface area contributed by atoms with Crippen molar-refractivity contribution in [1.29, 1.82) is 0 Å². The van der Waals surface area contributed by atoms with Gasteiger partial charge >= 0.3 is 0 Å². The highest BCUT2D eigenvalue weighted by Gasteiger charge is 2.14. The first-order valence-electron chi connectivity index (χ1n) is 5.80. The molecule has 0 spiro atoms. The van der Waals surface area contributed by atoms with Gasteiger partial charge in [0.15, 0.2) is 5.78 Å². The lowest BCUT2D eigenvalue weighted by Crippen LogP contribution is -2.11. The molecular weight excluding hydrogens is 280 g/mol. The molecule has 2 rings (SSSR count). The van der Waals surface area contributed by atoms with E-state index in [1.807, 2.05) is 19.1 Å². The highest BCUT2D eigenvalue weighted by molar-refractivity contribution is 7.86. The molecule has 0 heterocycles. The zero-order valence-corrected chi connectivity index (χ0v) is 12.0. The van der Waals surface area contributed by atoms with Crippen LogP contribution in [0.3, 0.4) is 0 Å². The van der Waals surface area contributed by atoms with Crippen LogP contribution in [0.1, 0.15) is 15.9 Å². The van der Waals surface area contributed by atoms with E-state index >= 15 is 0 Å². The van der Waals surface area contributed by atoms with Crippen LogP contribution in [0.5, 0.6) is 0 Å². The van der Waals surface area contributed by atoms with Crippen LogP contribution in [0.4, 0.5) is 0 Å². The molecule has 0 aliphatic carbocycles. The van der Waals surface area contributed by atoms with Crippen LogP contribution in [0.15, 0.2) is 53.4 Å². The van der Waals surface area contributed by atoms with Crippen molar-refractivity contribution < 1.29 is 9.00 Å². The summed E-state index contributed by atoms with van der Waals surface area (Å²) in [6.45, 7) is 1.95. The fourth-order valence-electron chi connectivity index (χ4n) is 1.65. The predicted molar refractivity (Wildman–Crippen MR) is 78.2 cm³/mol. The van der Waals surface area contributed by atoms with Crippen LogP contribution < -0.4 is 0 Å². The molecule has 0 N–H and O–H groups in total. The van der Waals surface area contributed by atoms with E-state index in [1.165, 1.54) is 0 Å². The number of hydrogen-bond donors (Lipinski definition) is 0. The minimum Gasteiger partial charge on any atom is -0.293 e. The van der Waals surface area contributed by atoms with E-state index in [2.05, 4.69) is 0 Å². The van der Waals surface area contributed by atoms with E-state index in [9.17, 15) is 9.00 Å². The lowest BCUT2D eigenvalue weighted by molar-refractivity contribution is 0.102. The molecule has 0 amide bonds. The SMILES string of the molecule is Cc1ccc(C(=O)CS(=O)c2ccccc2Cl)cc1. The van der Waals surface area contributed by atoms with Crippen LogP contribution >= 0.6 is 11.6 Å². The molecule has 2 aromatic rings. The molecular formula is C15H13ClO2S. The Morgan fingerprint density at radius 1 is 1.11 bits per heavy atom. The molecule has 19 heavy (non-hydrogen) atoms. The van der Waals surface area contributed by atoms with Gasteiger partial charge in [-0.05, 0) is 19.1 Å². The summed E-state index contributed by atoms with van der Waals surface area (Å²) in [6.07, 6.45) is 0. The number of rotatable bonds is 4. The Morgan fingerprint density at radius 2 is 1.74 bits per heavy atom. The van der Waals surface area contributed by atoms with Gasteiger partial charge in [0.2, 0.25) is 0 Å². The molecule has 2 nitrogen and oxygen atoms in total. The summed E-state index contributed by atoms with van der Waals surface area (Å²) >= 11 is 5.96. The zero-order valence-electron chi connectivity index (χ0n) is 10.4. The van der Waals surface area contributed by atoms with Gasteiger partial charge in [-0.25, -0.2) is 0 Å². The van der Waals surface area contributed by atoms with E-state index in [4.69, 9.17) is 11.6 Å². The normalized spacial score (nSPS) is 12.1. The average Bonchev–Trinajstić information content (AvgIpc) is 2.39. The van der Waals surface area contributed by atoms with Crippen LogP contribution in [-0.2, 0) is 10.8 Å². The Balaban J connectivity index is 2.13. The highest BCUT2D eigenvalue weighted by atomic mass is 35.5. The van der Waals surface area contributed by atoms with Crippen molar-refractivity contribution in [2.24, 2.45) is 0 Å². The Morgan fingerprint density at radius 3 is 2.37 bits per heavy atom. The number of Topliss-reactive ketones (excluding diaryl/α,β-unsaturated/α-hetero) is 1. The Kier molecular flexibility index (Phi) is 4.51. The molecule has 0 bridgehead atoms. The number of hydrogen-bond acceptors (Lipinski definition) is 2. The van der Waals surface area contributed by atoms with Crippen LogP contribution in [0.2, 0.25) is 5.02 Å². The fraction of sp³-hybridized carbons (Fsp3) is 0.133. The first-order valence-corrected chi connectivity index (χ1v) is 7.50. The second kappa shape index (κ2) is 6.13. The van der Waals surface area contributed by atoms with E-state index in [0.29, 0.717) is 15.5 Å². The molecule has 0 aromatic heterocycles. The van der Waals surface area contributed by atoms with Crippen LogP contribution in [0.25, 0.3) is 0 Å². The molecule has 0 saturated heterocycles. The van der Waals surface area contributed by atoms with Crippen molar-refractivity contribution in [1.82, 2.24) is 0 Å². The highest BCUT2D eigenvalue weighted by Crippen LogP contribution is 2.19. The first-order chi connectivity index (χ1) is 9.08. The number of halogens is 1. The van der Waals surface area contributed by atoms with Crippen LogP contribution in [-0.4, -0.2) is 15.7 Å². The second-order valence-corrected chi connectivity index (χ2v) is 6.04. The lowest BCUT2D eigenvalue weighted by Gasteiger charge is -2.04. The molecule has 0 radical (unpaired) electrons. The molecule has 0 aliphatic rings. The zero-order chi connectivity index (χ0) is 13.8. The van der Waals surface area contributed by atoms with Gasteiger partial charge in [-0.15, -0.1) is 0 Å². The third-order valence-electron chi connectivity index (χ3n) is 2.72. The molecule has 0 fully saturated rings. The van der Waals surface area contributed by atoms with E-state index in [0.717, 1.165) is 5.56 Å². The molecule has 0 aliphatic heterocycles. The van der Waals surface area contributed by atoms with Gasteiger partial charge in [-0.3, -0.25) is 9.00 Å². The van der Waals surface area contributed by atoms with Gasteiger partial charge in [0.05, 0.1) is 26.5 Å². The van der Waals surface area contributed by atoms with E-state index in [1.54, 1.807) is 36.4 Å². The summed E-state index contributed by atoms with van der Waals surface area (Å²) in [4.78, 5) is 12.5. The minimum absolute atomic E-state index is 0.0488. The Bertz CT molecular complexity index is 620. The first kappa shape index (κ1) is 14.0. The molecule has 0 saturated carbocycles. The smallest absolute Gasteiger partial charge is 0.175 e. The number of carbonyl (C=O) groups excluding carboxylic acids is 1. The standard InChI is InChI=1S/C15H13ClO2S/c1-11-6-8-12(9-7-11)14(17)10-19(18)15-5-3-2-4-13(15)16/h2-9H,10H2,1H3. The Labute approximate surface area is 119 Å². The quantitative estimate of drug-likeness (QED) is 0.806. The number of aryl methyl sites for hydroxylation is 1. The van der Waals surface area contributed by atoms with Gasteiger partial charge in [0.1, 0.15) is 0 Å². The molecule has 1 unspecified atom stereocenters. The third-order valence-corrected chi connectivity index (χ3v) is 4.53. The van der Waals surface area contributed by atoms with Crippen molar-refractivity contribution in [3.8, 4) is 0 Å². The number of benzene rings is 2. The van der Waals surface area contributed by atoms with Crippen molar-refractivity contribution in [2.75, 3.05) is 5.75 Å². The summed E-state index contributed by atoms with van der Waals surface area (Å²) in [7, 11) is -1.41. The molecule has 98 valence electrons. The van der Waals surface area contributed by atoms with E-state index in [-0.39, 0.29) is 11.5 Å². The largest absolute Gasteiger partial charge is 0.293 e. The van der Waals surface area contributed by atoms with E-state index < -0.39 is 10.8 Å². The minimum atomic E-state index is -1.41. The van der Waals surface area contributed by atoms with Gasteiger partial charge < -0.3 is 0 Å². The Hall–Kier alpha value is -1.45. The van der Waals surface area contributed by atoms with Crippen LogP contribution in [0, 0.1) is 6.92 Å². The summed E-state index contributed by atoms with van der Waals surface area (Å²) in [6, 6.07) is 14.1. The number of ketones is 1. The maximum atomic E-state index is 12.1. The third kappa shape index (κ3) is 3.52. The summed E-state index contributed by atoms with van der Waals surface area (Å²) in [5, 5.41) is 0.428. The predicted octanol–water partition coefficient (Wildman–Crippen LogP) is 3.64. The molecule has 4 heteroatoms. The number of carbonyl (C=O) groups is 1. The van der Waals surface area contributed by atoms with Gasteiger partial charge in [-0.2, -0.15) is 0 Å².